The van der Waals surface area contributed by atoms with Crippen LogP contribution in [0, 0.1) is 10.1 Å². The molecule has 2 heterocycles. The minimum absolute atomic E-state index is 0.0686. The second-order valence-electron chi connectivity index (χ2n) is 2.03. The average molecular weight is 182 g/mol. The van der Waals surface area contributed by atoms with E-state index in [4.69, 9.17) is 5.73 Å². The van der Waals surface area contributed by atoms with E-state index < -0.39 is 10.9 Å². The molecule has 10 heteroatoms. The van der Waals surface area contributed by atoms with Crippen molar-refractivity contribution in [1.29, 1.82) is 0 Å². The van der Waals surface area contributed by atoms with Gasteiger partial charge < -0.3 is 15.8 Å². The van der Waals surface area contributed by atoms with Crippen LogP contribution in [0.2, 0.25) is 0 Å². The predicted molar refractivity (Wildman–Crippen MR) is 37.4 cm³/mol. The molecule has 2 N–H and O–H groups in total. The van der Waals surface area contributed by atoms with Crippen LogP contribution in [-0.2, 0) is 0 Å². The molecule has 0 atom stereocenters. The number of hydrogen-bond acceptors (Lipinski definition) is 8. The number of nitro groups is 1. The summed E-state index contributed by atoms with van der Waals surface area (Å²) in [6, 6.07) is 0. The molecule has 0 aliphatic carbocycles. The topological polar surface area (TPSA) is 138 Å². The maximum atomic E-state index is 10.3. The molecule has 0 amide bonds. The summed E-state index contributed by atoms with van der Waals surface area (Å²) in [5.41, 5.74) is 5.17. The molecule has 2 rings (SSSR count). The molecule has 0 saturated heterocycles. The molecular weight excluding hydrogens is 180 g/mol. The van der Waals surface area contributed by atoms with Gasteiger partial charge in [0.1, 0.15) is 0 Å². The third-order valence-corrected chi connectivity index (χ3v) is 1.22. The summed E-state index contributed by atoms with van der Waals surface area (Å²) in [5.74, 6) is -0.798. The van der Waals surface area contributed by atoms with E-state index in [9.17, 15) is 10.1 Å². The van der Waals surface area contributed by atoms with Crippen molar-refractivity contribution in [1.82, 2.24) is 30.0 Å². The van der Waals surface area contributed by atoms with Crippen LogP contribution in [0.5, 0.6) is 0 Å². The van der Waals surface area contributed by atoms with Crippen LogP contribution < -0.4 is 5.73 Å². The van der Waals surface area contributed by atoms with Crippen molar-refractivity contribution in [2.75, 3.05) is 5.73 Å². The summed E-state index contributed by atoms with van der Waals surface area (Å²) in [5, 5.41) is 27.2. The van der Waals surface area contributed by atoms with E-state index in [0.29, 0.717) is 0 Å². The summed E-state index contributed by atoms with van der Waals surface area (Å²) in [6.45, 7) is 0. The molecule has 0 fully saturated rings. The highest BCUT2D eigenvalue weighted by atomic mass is 16.6. The Balaban J connectivity index is 2.79. The van der Waals surface area contributed by atoms with Crippen molar-refractivity contribution in [3.05, 3.63) is 10.1 Å². The van der Waals surface area contributed by atoms with E-state index in [1.54, 1.807) is 0 Å². The van der Waals surface area contributed by atoms with Crippen LogP contribution in [0.25, 0.3) is 5.78 Å². The molecule has 2 aromatic heterocycles. The number of nitrogens with zero attached hydrogens (tertiary/aromatic N) is 7. The van der Waals surface area contributed by atoms with Gasteiger partial charge in [0.05, 0.1) is 5.10 Å². The van der Waals surface area contributed by atoms with Crippen molar-refractivity contribution >= 4 is 17.7 Å². The Bertz CT molecular complexity index is 475. The second-order valence-corrected chi connectivity index (χ2v) is 2.03. The Hall–Kier alpha value is -2.39. The van der Waals surface area contributed by atoms with Gasteiger partial charge in [-0.2, -0.15) is 0 Å². The fraction of sp³-hybridized carbons (Fsp3) is 0. The van der Waals surface area contributed by atoms with Crippen molar-refractivity contribution < 1.29 is 4.92 Å². The van der Waals surface area contributed by atoms with E-state index in [-0.39, 0.29) is 11.7 Å². The number of anilines is 1. The van der Waals surface area contributed by atoms with Gasteiger partial charge in [-0.25, -0.2) is 0 Å². The zero-order valence-corrected chi connectivity index (χ0v) is 6.02. The van der Waals surface area contributed by atoms with Crippen molar-refractivity contribution in [2.45, 2.75) is 0 Å². The fourth-order valence-corrected chi connectivity index (χ4v) is 0.748. The van der Waals surface area contributed by atoms with Crippen molar-refractivity contribution in [2.24, 2.45) is 0 Å². The lowest BCUT2D eigenvalue weighted by molar-refractivity contribution is -0.395. The van der Waals surface area contributed by atoms with E-state index in [1.807, 2.05) is 0 Å². The first-order valence-electron chi connectivity index (χ1n) is 3.04. The highest BCUT2D eigenvalue weighted by molar-refractivity contribution is 5.29. The number of nitrogen functional groups attached to an aromatic ring is 1. The van der Waals surface area contributed by atoms with E-state index >= 15 is 0 Å². The number of nitrogens with two attached hydrogens (primary N) is 1. The number of hydrogen-bond donors (Lipinski definition) is 1. The number of aromatic nitrogens is 6. The third-order valence-electron chi connectivity index (χ3n) is 1.22. The SMILES string of the molecule is Nc1nnc2nnc([N+](=O)[O-])n2n1. The lowest BCUT2D eigenvalue weighted by atomic mass is 11.0. The summed E-state index contributed by atoms with van der Waals surface area (Å²) in [6.07, 6.45) is 0. The van der Waals surface area contributed by atoms with Crippen LogP contribution in [0.15, 0.2) is 0 Å². The van der Waals surface area contributed by atoms with Gasteiger partial charge in [-0.1, -0.05) is 14.7 Å². The Morgan fingerprint density at radius 1 is 1.31 bits per heavy atom. The molecule has 0 aromatic carbocycles. The Morgan fingerprint density at radius 3 is 2.69 bits per heavy atom. The zero-order chi connectivity index (χ0) is 9.42. The number of rotatable bonds is 1. The minimum atomic E-state index is -0.742. The third kappa shape index (κ3) is 0.998. The highest BCUT2D eigenvalue weighted by Crippen LogP contribution is 2.05. The lowest BCUT2D eigenvalue weighted by Crippen LogP contribution is -2.06. The highest BCUT2D eigenvalue weighted by Gasteiger charge is 2.19. The normalized spacial score (nSPS) is 10.5. The van der Waals surface area contributed by atoms with Crippen LogP contribution >= 0.6 is 0 Å². The largest absolute Gasteiger partial charge is 0.484 e. The Kier molecular flexibility index (Phi) is 1.28. The van der Waals surface area contributed by atoms with E-state index in [1.165, 1.54) is 0 Å². The van der Waals surface area contributed by atoms with Crippen LogP contribution in [-0.4, -0.2) is 34.9 Å². The van der Waals surface area contributed by atoms with Crippen molar-refractivity contribution in [3.63, 3.8) is 0 Å². The Morgan fingerprint density at radius 2 is 2.00 bits per heavy atom. The van der Waals surface area contributed by atoms with Gasteiger partial charge in [-0.15, -0.1) is 5.10 Å². The van der Waals surface area contributed by atoms with Gasteiger partial charge >= 0.3 is 11.7 Å². The van der Waals surface area contributed by atoms with Gasteiger partial charge in [0.2, 0.25) is 0 Å². The molecule has 10 nitrogen and oxygen atoms in total. The zero-order valence-electron chi connectivity index (χ0n) is 6.02. The second kappa shape index (κ2) is 2.30. The molecule has 0 unspecified atom stereocenters. The summed E-state index contributed by atoms with van der Waals surface area (Å²) in [4.78, 5) is 9.60. The van der Waals surface area contributed by atoms with Gasteiger partial charge in [-0.3, -0.25) is 0 Å². The molecular formula is C3H2N8O2. The molecule has 0 aliphatic rings. The van der Waals surface area contributed by atoms with Gasteiger partial charge in [0.25, 0.3) is 5.95 Å². The van der Waals surface area contributed by atoms with Crippen LogP contribution in [0.1, 0.15) is 0 Å². The van der Waals surface area contributed by atoms with E-state index in [2.05, 4.69) is 25.5 Å². The molecule has 0 bridgehead atoms. The molecule has 2 aromatic rings. The predicted octanol–water partition coefficient (Wildman–Crippen LogP) is -1.60. The molecule has 0 radical (unpaired) electrons. The van der Waals surface area contributed by atoms with Gasteiger partial charge in [-0.05, 0) is 10.0 Å². The first-order chi connectivity index (χ1) is 6.18. The smallest absolute Gasteiger partial charge is 0.390 e. The molecule has 13 heavy (non-hydrogen) atoms. The summed E-state index contributed by atoms with van der Waals surface area (Å²) >= 11 is 0. The monoisotopic (exact) mass is 182 g/mol. The maximum Gasteiger partial charge on any atom is 0.484 e. The van der Waals surface area contributed by atoms with Gasteiger partial charge in [0, 0.05) is 0 Å². The number of fused-ring (bicyclic) bond motifs is 1. The lowest BCUT2D eigenvalue weighted by Gasteiger charge is -1.89. The fourth-order valence-electron chi connectivity index (χ4n) is 0.748. The molecule has 0 spiro atoms. The van der Waals surface area contributed by atoms with Crippen LogP contribution in [0.4, 0.5) is 11.9 Å². The Labute approximate surface area is 69.5 Å². The molecule has 66 valence electrons. The standard InChI is InChI=1S/C3H2N8O2/c4-1-5-6-2-7-8-3(11(12)13)10(2)9-1/h(H2,4,9). The molecule has 0 saturated carbocycles. The maximum absolute atomic E-state index is 10.3. The first kappa shape index (κ1) is 7.27. The quantitative estimate of drug-likeness (QED) is 0.411. The summed E-state index contributed by atoms with van der Waals surface area (Å²) in [7, 11) is 0. The van der Waals surface area contributed by atoms with Crippen molar-refractivity contribution in [3.8, 4) is 0 Å². The molecule has 0 aliphatic heterocycles. The minimum Gasteiger partial charge on any atom is -0.390 e. The van der Waals surface area contributed by atoms with Gasteiger partial charge in [0.15, 0.2) is 0 Å². The first-order valence-corrected chi connectivity index (χ1v) is 3.04. The summed E-state index contributed by atoms with van der Waals surface area (Å²) < 4.78 is 0.808. The van der Waals surface area contributed by atoms with E-state index in [0.717, 1.165) is 4.52 Å². The average Bonchev–Trinajstić information content (AvgIpc) is 2.46. The van der Waals surface area contributed by atoms with Crippen LogP contribution in [0.3, 0.4) is 0 Å².